The lowest BCUT2D eigenvalue weighted by Gasteiger charge is -2.17. The van der Waals surface area contributed by atoms with Gasteiger partial charge in [-0.05, 0) is 73.1 Å². The molecule has 2 aliphatic heterocycles. The summed E-state index contributed by atoms with van der Waals surface area (Å²) in [6.07, 6.45) is 0.876. The molecular weight excluding hydrogens is 468 g/mol. The van der Waals surface area contributed by atoms with Gasteiger partial charge in [0.25, 0.3) is 17.1 Å². The third-order valence-electron chi connectivity index (χ3n) is 5.01. The summed E-state index contributed by atoms with van der Waals surface area (Å²) in [6.45, 7) is 3.79. The van der Waals surface area contributed by atoms with Crippen molar-refractivity contribution in [2.45, 2.75) is 20.0 Å². The van der Waals surface area contributed by atoms with Gasteiger partial charge in [0.15, 0.2) is 17.6 Å². The molecule has 33 heavy (non-hydrogen) atoms. The predicted molar refractivity (Wildman–Crippen MR) is 125 cm³/mol. The molecule has 8 nitrogen and oxygen atoms in total. The van der Waals surface area contributed by atoms with E-state index in [9.17, 15) is 14.4 Å². The lowest BCUT2D eigenvalue weighted by atomic mass is 10.2. The predicted octanol–water partition coefficient (Wildman–Crippen LogP) is 4.00. The van der Waals surface area contributed by atoms with E-state index in [1.54, 1.807) is 49.4 Å². The highest BCUT2D eigenvalue weighted by atomic mass is 35.5. The smallest absolute Gasteiger partial charge is 0.293 e. The van der Waals surface area contributed by atoms with Gasteiger partial charge in [-0.3, -0.25) is 19.3 Å². The quantitative estimate of drug-likeness (QED) is 0.589. The molecule has 0 spiro atoms. The molecule has 0 saturated carbocycles. The van der Waals surface area contributed by atoms with Gasteiger partial charge in [-0.25, -0.2) is 0 Å². The number of amides is 3. The molecule has 2 heterocycles. The van der Waals surface area contributed by atoms with Crippen LogP contribution >= 0.6 is 23.4 Å². The van der Waals surface area contributed by atoms with Crippen LogP contribution in [-0.4, -0.2) is 47.9 Å². The average Bonchev–Trinajstić information content (AvgIpc) is 3.34. The van der Waals surface area contributed by atoms with Gasteiger partial charge in [-0.15, -0.1) is 0 Å². The van der Waals surface area contributed by atoms with Crippen molar-refractivity contribution in [2.24, 2.45) is 0 Å². The second-order valence-corrected chi connectivity index (χ2v) is 8.84. The number of aryl methyl sites for hydroxylation is 1. The molecule has 172 valence electrons. The number of benzene rings is 2. The molecule has 10 heteroatoms. The number of thioether (sulfide) groups is 1. The third-order valence-corrected chi connectivity index (χ3v) is 6.16. The second-order valence-electron chi connectivity index (χ2n) is 7.41. The van der Waals surface area contributed by atoms with Crippen molar-refractivity contribution < 1.29 is 28.6 Å². The Morgan fingerprint density at radius 3 is 2.82 bits per heavy atom. The van der Waals surface area contributed by atoms with E-state index in [0.29, 0.717) is 27.2 Å². The zero-order valence-electron chi connectivity index (χ0n) is 17.9. The van der Waals surface area contributed by atoms with Crippen molar-refractivity contribution in [3.63, 3.8) is 0 Å². The van der Waals surface area contributed by atoms with Gasteiger partial charge in [0.1, 0.15) is 5.75 Å². The van der Waals surface area contributed by atoms with E-state index >= 15 is 0 Å². The number of fused-ring (bicyclic) bond motifs is 1. The van der Waals surface area contributed by atoms with E-state index in [2.05, 4.69) is 5.32 Å². The molecular formula is C23H21ClN2O6S. The topological polar surface area (TPSA) is 94.2 Å². The van der Waals surface area contributed by atoms with Crippen LogP contribution in [0.3, 0.4) is 0 Å². The summed E-state index contributed by atoms with van der Waals surface area (Å²) in [6, 6.07) is 10.4. The van der Waals surface area contributed by atoms with E-state index in [1.807, 2.05) is 6.92 Å². The van der Waals surface area contributed by atoms with Crippen molar-refractivity contribution in [1.82, 2.24) is 10.2 Å². The van der Waals surface area contributed by atoms with Crippen LogP contribution in [-0.2, 0) is 9.59 Å². The molecule has 2 aromatic carbocycles. The maximum Gasteiger partial charge on any atom is 0.293 e. The van der Waals surface area contributed by atoms with Crippen molar-refractivity contribution in [3.05, 3.63) is 57.5 Å². The summed E-state index contributed by atoms with van der Waals surface area (Å²) in [5.74, 6) is 1.03. The molecule has 0 aromatic heterocycles. The Labute approximate surface area is 199 Å². The number of halogens is 1. The minimum Gasteiger partial charge on any atom is -0.481 e. The molecule has 2 aromatic rings. The molecule has 2 aliphatic rings. The SMILES string of the molecule is Cc1cc(Cl)ccc1O[C@@H](C)C(=O)NCCN1C(=O)S/C(=C\c2ccc3c(c2)OCO3)C1=O. The summed E-state index contributed by atoms with van der Waals surface area (Å²) in [4.78, 5) is 38.8. The van der Waals surface area contributed by atoms with Gasteiger partial charge in [0.2, 0.25) is 6.79 Å². The standard InChI is InChI=1S/C23H21ClN2O6S/c1-13-9-16(24)4-6-17(13)32-14(2)21(27)25-7-8-26-22(28)20(33-23(26)29)11-15-3-5-18-19(10-15)31-12-30-18/h3-6,9-11,14H,7-8,12H2,1-2H3,(H,25,27)/b20-11-/t14-/m0/s1. The molecule has 3 amide bonds. The first kappa shape index (κ1) is 23.0. The number of hydrogen-bond acceptors (Lipinski definition) is 7. The lowest BCUT2D eigenvalue weighted by molar-refractivity contribution is -0.128. The summed E-state index contributed by atoms with van der Waals surface area (Å²) < 4.78 is 16.3. The van der Waals surface area contributed by atoms with Crippen LogP contribution in [0.4, 0.5) is 4.79 Å². The van der Waals surface area contributed by atoms with Crippen molar-refractivity contribution in [2.75, 3.05) is 19.9 Å². The van der Waals surface area contributed by atoms with Gasteiger partial charge < -0.3 is 19.5 Å². The molecule has 0 aliphatic carbocycles. The number of rotatable bonds is 7. The normalized spacial score (nSPS) is 16.9. The molecule has 0 radical (unpaired) electrons. The fourth-order valence-corrected chi connectivity index (χ4v) is 4.36. The Kier molecular flexibility index (Phi) is 6.80. The Bertz CT molecular complexity index is 1150. The van der Waals surface area contributed by atoms with Gasteiger partial charge in [0.05, 0.1) is 4.91 Å². The van der Waals surface area contributed by atoms with Crippen LogP contribution in [0.15, 0.2) is 41.3 Å². The minimum absolute atomic E-state index is 0.0571. The summed E-state index contributed by atoms with van der Waals surface area (Å²) >= 11 is 6.80. The average molecular weight is 489 g/mol. The number of carbonyl (C=O) groups is 3. The first-order valence-corrected chi connectivity index (χ1v) is 11.4. The fourth-order valence-electron chi connectivity index (χ4n) is 3.27. The number of hydrogen-bond donors (Lipinski definition) is 1. The van der Waals surface area contributed by atoms with Gasteiger partial charge in [0, 0.05) is 18.1 Å². The number of carbonyl (C=O) groups excluding carboxylic acids is 3. The second kappa shape index (κ2) is 9.76. The number of ether oxygens (including phenoxy) is 3. The Morgan fingerprint density at radius 2 is 2.03 bits per heavy atom. The summed E-state index contributed by atoms with van der Waals surface area (Å²) in [5.41, 5.74) is 1.54. The van der Waals surface area contributed by atoms with Gasteiger partial charge >= 0.3 is 0 Å². The van der Waals surface area contributed by atoms with Crippen molar-refractivity contribution >= 4 is 46.5 Å². The zero-order chi connectivity index (χ0) is 23.5. The molecule has 4 rings (SSSR count). The molecule has 1 fully saturated rings. The van der Waals surface area contributed by atoms with E-state index in [-0.39, 0.29) is 31.0 Å². The Hall–Kier alpha value is -3.17. The number of nitrogens with zero attached hydrogens (tertiary/aromatic N) is 1. The fraction of sp³-hybridized carbons (Fsp3) is 0.261. The van der Waals surface area contributed by atoms with Crippen molar-refractivity contribution in [3.8, 4) is 17.2 Å². The Morgan fingerprint density at radius 1 is 1.24 bits per heavy atom. The highest BCUT2D eigenvalue weighted by Gasteiger charge is 2.35. The third kappa shape index (κ3) is 5.26. The summed E-state index contributed by atoms with van der Waals surface area (Å²) in [7, 11) is 0. The maximum absolute atomic E-state index is 12.7. The molecule has 1 saturated heterocycles. The largest absolute Gasteiger partial charge is 0.481 e. The molecule has 0 bridgehead atoms. The molecule has 0 unspecified atom stereocenters. The highest BCUT2D eigenvalue weighted by Crippen LogP contribution is 2.36. The highest BCUT2D eigenvalue weighted by molar-refractivity contribution is 8.18. The minimum atomic E-state index is -0.759. The Balaban J connectivity index is 1.30. The van der Waals surface area contributed by atoms with E-state index in [4.69, 9.17) is 25.8 Å². The monoisotopic (exact) mass is 488 g/mol. The maximum atomic E-state index is 12.7. The van der Waals surface area contributed by atoms with Crippen LogP contribution < -0.4 is 19.5 Å². The van der Waals surface area contributed by atoms with Crippen LogP contribution in [0.25, 0.3) is 6.08 Å². The van der Waals surface area contributed by atoms with E-state index in [0.717, 1.165) is 27.8 Å². The first-order valence-electron chi connectivity index (χ1n) is 10.2. The zero-order valence-corrected chi connectivity index (χ0v) is 19.5. The van der Waals surface area contributed by atoms with Crippen LogP contribution in [0.2, 0.25) is 5.02 Å². The van der Waals surface area contributed by atoms with Gasteiger partial charge in [-0.1, -0.05) is 17.7 Å². The van der Waals surface area contributed by atoms with E-state index in [1.165, 1.54) is 0 Å². The lowest BCUT2D eigenvalue weighted by Crippen LogP contribution is -2.41. The van der Waals surface area contributed by atoms with Gasteiger partial charge in [-0.2, -0.15) is 0 Å². The number of imide groups is 1. The molecule has 1 atom stereocenters. The molecule has 1 N–H and O–H groups in total. The van der Waals surface area contributed by atoms with Crippen LogP contribution in [0, 0.1) is 6.92 Å². The van der Waals surface area contributed by atoms with E-state index < -0.39 is 12.0 Å². The van der Waals surface area contributed by atoms with Crippen molar-refractivity contribution in [1.29, 1.82) is 0 Å². The summed E-state index contributed by atoms with van der Waals surface area (Å²) in [5, 5.41) is 2.90. The first-order chi connectivity index (χ1) is 15.8. The van der Waals surface area contributed by atoms with Crippen LogP contribution in [0.1, 0.15) is 18.1 Å². The van der Waals surface area contributed by atoms with Crippen LogP contribution in [0.5, 0.6) is 17.2 Å². The number of nitrogens with one attached hydrogen (secondary N) is 1.